The fourth-order valence-electron chi connectivity index (χ4n) is 2.05. The average molecular weight is 324 g/mol. The molecule has 1 atom stereocenters. The third kappa shape index (κ3) is 3.95. The Balaban J connectivity index is 2.19. The van der Waals surface area contributed by atoms with Gasteiger partial charge in [-0.3, -0.25) is 4.79 Å². The van der Waals surface area contributed by atoms with Crippen LogP contribution in [-0.4, -0.2) is 17.9 Å². The van der Waals surface area contributed by atoms with Gasteiger partial charge >= 0.3 is 0 Å². The Labute approximate surface area is 133 Å². The minimum atomic E-state index is -0.175. The molecule has 6 heteroatoms. The summed E-state index contributed by atoms with van der Waals surface area (Å²) in [6.07, 6.45) is 3.38. The Morgan fingerprint density at radius 2 is 2.33 bits per heavy atom. The molecule has 0 saturated carbocycles. The van der Waals surface area contributed by atoms with E-state index < -0.39 is 0 Å². The largest absolute Gasteiger partial charge is 0.373 e. The van der Waals surface area contributed by atoms with Crippen LogP contribution < -0.4 is 10.6 Å². The van der Waals surface area contributed by atoms with Crippen molar-refractivity contribution in [1.29, 1.82) is 0 Å². The van der Waals surface area contributed by atoms with E-state index in [1.807, 2.05) is 17.5 Å². The van der Waals surface area contributed by atoms with Crippen LogP contribution >= 0.6 is 22.9 Å². The van der Waals surface area contributed by atoms with Crippen molar-refractivity contribution in [2.75, 3.05) is 12.4 Å². The molecule has 0 saturated heterocycles. The summed E-state index contributed by atoms with van der Waals surface area (Å²) >= 11 is 7.73. The molecule has 4 nitrogen and oxygen atoms in total. The van der Waals surface area contributed by atoms with Crippen molar-refractivity contribution in [3.8, 4) is 0 Å². The topological polar surface area (TPSA) is 54.0 Å². The minimum Gasteiger partial charge on any atom is -0.373 e. The summed E-state index contributed by atoms with van der Waals surface area (Å²) in [5, 5.41) is 8.34. The summed E-state index contributed by atoms with van der Waals surface area (Å²) < 4.78 is 0. The van der Waals surface area contributed by atoms with Crippen LogP contribution in [0.3, 0.4) is 0 Å². The highest BCUT2D eigenvalue weighted by molar-refractivity contribution is 7.10. The molecule has 0 aliphatic rings. The zero-order valence-electron chi connectivity index (χ0n) is 12.0. The predicted octanol–water partition coefficient (Wildman–Crippen LogP) is 4.11. The van der Waals surface area contributed by atoms with Gasteiger partial charge in [0.1, 0.15) is 5.82 Å². The second-order valence-corrected chi connectivity index (χ2v) is 6.02. The summed E-state index contributed by atoms with van der Waals surface area (Å²) in [6.45, 7) is 2.10. The van der Waals surface area contributed by atoms with E-state index in [-0.39, 0.29) is 11.9 Å². The van der Waals surface area contributed by atoms with Gasteiger partial charge in [0.15, 0.2) is 0 Å². The number of anilines is 1. The summed E-state index contributed by atoms with van der Waals surface area (Å²) in [4.78, 5) is 17.7. The quantitative estimate of drug-likeness (QED) is 0.841. The summed E-state index contributed by atoms with van der Waals surface area (Å²) in [7, 11) is 1.75. The Hall–Kier alpha value is -1.59. The van der Waals surface area contributed by atoms with Crippen LogP contribution in [0.4, 0.5) is 5.82 Å². The van der Waals surface area contributed by atoms with Gasteiger partial charge in [0, 0.05) is 18.1 Å². The Morgan fingerprint density at radius 1 is 1.52 bits per heavy atom. The van der Waals surface area contributed by atoms with Gasteiger partial charge in [0.05, 0.1) is 16.6 Å². The van der Waals surface area contributed by atoms with Crippen molar-refractivity contribution in [3.05, 3.63) is 45.2 Å². The van der Waals surface area contributed by atoms with Crippen LogP contribution in [0.1, 0.15) is 41.0 Å². The van der Waals surface area contributed by atoms with Gasteiger partial charge in [-0.05, 0) is 23.9 Å². The molecular weight excluding hydrogens is 306 g/mol. The zero-order chi connectivity index (χ0) is 15.2. The van der Waals surface area contributed by atoms with Gasteiger partial charge in [-0.2, -0.15) is 0 Å². The molecule has 21 heavy (non-hydrogen) atoms. The molecule has 2 rings (SSSR count). The fraction of sp³-hybridized carbons (Fsp3) is 0.333. The monoisotopic (exact) mass is 323 g/mol. The van der Waals surface area contributed by atoms with E-state index in [9.17, 15) is 4.79 Å². The molecule has 0 radical (unpaired) electrons. The normalized spacial score (nSPS) is 12.0. The molecule has 0 fully saturated rings. The molecule has 0 aromatic carbocycles. The van der Waals surface area contributed by atoms with Gasteiger partial charge in [-0.1, -0.05) is 31.0 Å². The van der Waals surface area contributed by atoms with E-state index in [1.54, 1.807) is 24.5 Å². The van der Waals surface area contributed by atoms with Crippen molar-refractivity contribution < 1.29 is 4.79 Å². The predicted molar refractivity (Wildman–Crippen MR) is 88.2 cm³/mol. The van der Waals surface area contributed by atoms with Crippen LogP contribution in [0, 0.1) is 0 Å². The standard InChI is InChI=1S/C15H18ClN3OS/c1-3-5-12(13-6-4-7-21-13)19-15(20)10-8-14(17-2)18-9-11(10)16/h4,6-9,12H,3,5H2,1-2H3,(H,17,18)(H,19,20). The van der Waals surface area contributed by atoms with Crippen molar-refractivity contribution >= 4 is 34.7 Å². The lowest BCUT2D eigenvalue weighted by molar-refractivity contribution is 0.0935. The van der Waals surface area contributed by atoms with Crippen molar-refractivity contribution in [2.45, 2.75) is 25.8 Å². The average Bonchev–Trinajstić information content (AvgIpc) is 3.01. The number of amides is 1. The molecule has 0 bridgehead atoms. The molecule has 112 valence electrons. The van der Waals surface area contributed by atoms with E-state index in [0.29, 0.717) is 16.4 Å². The first-order chi connectivity index (χ1) is 10.2. The number of pyridine rings is 1. The molecular formula is C15H18ClN3OS. The van der Waals surface area contributed by atoms with Crippen molar-refractivity contribution in [2.24, 2.45) is 0 Å². The number of hydrogen-bond donors (Lipinski definition) is 2. The third-order valence-corrected chi connectivity index (χ3v) is 4.41. The van der Waals surface area contributed by atoms with Gasteiger partial charge in [0.25, 0.3) is 5.91 Å². The summed E-state index contributed by atoms with van der Waals surface area (Å²) in [5.41, 5.74) is 0.439. The maximum atomic E-state index is 12.5. The van der Waals surface area contributed by atoms with Crippen molar-refractivity contribution in [1.82, 2.24) is 10.3 Å². The van der Waals surface area contributed by atoms with Crippen molar-refractivity contribution in [3.63, 3.8) is 0 Å². The molecule has 2 N–H and O–H groups in total. The van der Waals surface area contributed by atoms with Crippen LogP contribution in [0.25, 0.3) is 0 Å². The highest BCUT2D eigenvalue weighted by Crippen LogP contribution is 2.25. The number of rotatable bonds is 6. The maximum Gasteiger partial charge on any atom is 0.253 e. The molecule has 0 aliphatic heterocycles. The first-order valence-corrected chi connectivity index (χ1v) is 8.09. The number of thiophene rings is 1. The second kappa shape index (κ2) is 7.43. The lowest BCUT2D eigenvalue weighted by Crippen LogP contribution is -2.28. The minimum absolute atomic E-state index is 0.0183. The van der Waals surface area contributed by atoms with Gasteiger partial charge in [-0.15, -0.1) is 11.3 Å². The lowest BCUT2D eigenvalue weighted by atomic mass is 10.1. The number of nitrogens with one attached hydrogen (secondary N) is 2. The molecule has 0 spiro atoms. The smallest absolute Gasteiger partial charge is 0.253 e. The molecule has 0 aliphatic carbocycles. The Morgan fingerprint density at radius 3 is 2.95 bits per heavy atom. The highest BCUT2D eigenvalue weighted by atomic mass is 35.5. The number of carbonyl (C=O) groups is 1. The first kappa shape index (κ1) is 15.8. The van der Waals surface area contributed by atoms with E-state index in [2.05, 4.69) is 22.5 Å². The maximum absolute atomic E-state index is 12.5. The van der Waals surface area contributed by atoms with E-state index in [4.69, 9.17) is 11.6 Å². The van der Waals surface area contributed by atoms with Crippen LogP contribution in [0.15, 0.2) is 29.8 Å². The molecule has 1 unspecified atom stereocenters. The van der Waals surface area contributed by atoms with E-state index >= 15 is 0 Å². The number of carbonyl (C=O) groups excluding carboxylic acids is 1. The highest BCUT2D eigenvalue weighted by Gasteiger charge is 2.18. The number of nitrogens with zero attached hydrogens (tertiary/aromatic N) is 1. The number of aromatic nitrogens is 1. The SMILES string of the molecule is CCCC(NC(=O)c1cc(NC)ncc1Cl)c1cccs1. The molecule has 1 amide bonds. The van der Waals surface area contributed by atoms with E-state index in [0.717, 1.165) is 17.7 Å². The third-order valence-electron chi connectivity index (χ3n) is 3.13. The number of halogens is 1. The van der Waals surface area contributed by atoms with E-state index in [1.165, 1.54) is 6.20 Å². The fourth-order valence-corrected chi connectivity index (χ4v) is 3.05. The van der Waals surface area contributed by atoms with Crippen LogP contribution in [-0.2, 0) is 0 Å². The second-order valence-electron chi connectivity index (χ2n) is 4.63. The summed E-state index contributed by atoms with van der Waals surface area (Å²) in [5.74, 6) is 0.443. The van der Waals surface area contributed by atoms with Gasteiger partial charge < -0.3 is 10.6 Å². The van der Waals surface area contributed by atoms with Gasteiger partial charge in [0.2, 0.25) is 0 Å². The zero-order valence-corrected chi connectivity index (χ0v) is 13.6. The van der Waals surface area contributed by atoms with Crippen LogP contribution in [0.2, 0.25) is 5.02 Å². The first-order valence-electron chi connectivity index (χ1n) is 6.83. The van der Waals surface area contributed by atoms with Crippen LogP contribution in [0.5, 0.6) is 0 Å². The number of hydrogen-bond acceptors (Lipinski definition) is 4. The lowest BCUT2D eigenvalue weighted by Gasteiger charge is -2.17. The van der Waals surface area contributed by atoms with Gasteiger partial charge in [-0.25, -0.2) is 4.98 Å². The summed E-state index contributed by atoms with van der Waals surface area (Å²) in [6, 6.07) is 5.71. The Bertz CT molecular complexity index is 601. The molecule has 2 aromatic heterocycles. The molecule has 2 heterocycles. The molecule has 2 aromatic rings. The Kier molecular flexibility index (Phi) is 5.59.